The van der Waals surface area contributed by atoms with Crippen LogP contribution >= 0.6 is 0 Å². The summed E-state index contributed by atoms with van der Waals surface area (Å²) in [6.07, 6.45) is 4.42. The van der Waals surface area contributed by atoms with E-state index >= 15 is 0 Å². The maximum Gasteiger partial charge on any atom is 0.224 e. The van der Waals surface area contributed by atoms with Gasteiger partial charge in [0.1, 0.15) is 0 Å². The van der Waals surface area contributed by atoms with Crippen molar-refractivity contribution < 1.29 is 9.53 Å². The van der Waals surface area contributed by atoms with Crippen LogP contribution in [0.3, 0.4) is 0 Å². The topological polar surface area (TPSA) is 50.4 Å². The molecule has 4 heteroatoms. The van der Waals surface area contributed by atoms with E-state index in [4.69, 9.17) is 4.74 Å². The van der Waals surface area contributed by atoms with Crippen LogP contribution in [0, 0.1) is 5.92 Å². The predicted octanol–water partition coefficient (Wildman–Crippen LogP) is 0.485. The molecule has 0 bridgehead atoms. The Balaban J connectivity index is 2.45. The summed E-state index contributed by atoms with van der Waals surface area (Å²) in [5.74, 6) is 0.266. The molecule has 4 nitrogen and oxygen atoms in total. The zero-order valence-electron chi connectivity index (χ0n) is 9.01. The first kappa shape index (κ1) is 11.5. The second-order valence-electron chi connectivity index (χ2n) is 3.75. The van der Waals surface area contributed by atoms with Crippen molar-refractivity contribution in [2.45, 2.75) is 31.7 Å². The Labute approximate surface area is 85.4 Å². The minimum absolute atomic E-state index is 0.115. The Bertz CT molecular complexity index is 185. The highest BCUT2D eigenvalue weighted by atomic mass is 16.5. The zero-order valence-corrected chi connectivity index (χ0v) is 9.01. The molecule has 1 aliphatic carbocycles. The predicted molar refractivity (Wildman–Crippen MR) is 54.8 cm³/mol. The maximum absolute atomic E-state index is 11.5. The summed E-state index contributed by atoms with van der Waals surface area (Å²) in [4.78, 5) is 11.5. The standard InChI is InChI=1S/C10H20N2O2/c1-11-10(13)8-5-3-4-6-9(8)12-7-14-2/h8-9,12H,3-7H2,1-2H3,(H,11,13)/t8-,9-/m0/s1. The lowest BCUT2D eigenvalue weighted by Gasteiger charge is -2.30. The van der Waals surface area contributed by atoms with E-state index in [0.717, 1.165) is 19.3 Å². The van der Waals surface area contributed by atoms with Gasteiger partial charge in [-0.15, -0.1) is 0 Å². The average molecular weight is 200 g/mol. The van der Waals surface area contributed by atoms with Gasteiger partial charge in [-0.3, -0.25) is 10.1 Å². The van der Waals surface area contributed by atoms with Crippen LogP contribution in [0.2, 0.25) is 0 Å². The summed E-state index contributed by atoms with van der Waals surface area (Å²) in [6.45, 7) is 0.526. The molecule has 2 N–H and O–H groups in total. The van der Waals surface area contributed by atoms with Crippen LogP contribution < -0.4 is 10.6 Å². The molecule has 0 aromatic rings. The molecular formula is C10H20N2O2. The van der Waals surface area contributed by atoms with Gasteiger partial charge >= 0.3 is 0 Å². The minimum Gasteiger partial charge on any atom is -0.370 e. The lowest BCUT2D eigenvalue weighted by atomic mass is 9.84. The van der Waals surface area contributed by atoms with Crippen molar-refractivity contribution in [3.8, 4) is 0 Å². The number of nitrogens with one attached hydrogen (secondary N) is 2. The van der Waals surface area contributed by atoms with Gasteiger partial charge in [0.25, 0.3) is 0 Å². The zero-order chi connectivity index (χ0) is 10.4. The van der Waals surface area contributed by atoms with Gasteiger partial charge < -0.3 is 10.1 Å². The third-order valence-electron chi connectivity index (χ3n) is 2.84. The van der Waals surface area contributed by atoms with E-state index in [1.165, 1.54) is 6.42 Å². The Hall–Kier alpha value is -0.610. The number of carbonyl (C=O) groups excluding carboxylic acids is 1. The molecule has 0 aliphatic heterocycles. The first-order valence-corrected chi connectivity index (χ1v) is 5.23. The fourth-order valence-corrected chi connectivity index (χ4v) is 2.06. The van der Waals surface area contributed by atoms with E-state index < -0.39 is 0 Å². The Morgan fingerprint density at radius 1 is 1.43 bits per heavy atom. The van der Waals surface area contributed by atoms with Crippen LogP contribution in [-0.2, 0) is 9.53 Å². The highest BCUT2D eigenvalue weighted by Gasteiger charge is 2.29. The van der Waals surface area contributed by atoms with Crippen molar-refractivity contribution >= 4 is 5.91 Å². The number of ether oxygens (including phenoxy) is 1. The van der Waals surface area contributed by atoms with Gasteiger partial charge in [0.2, 0.25) is 5.91 Å². The molecule has 1 saturated carbocycles. The lowest BCUT2D eigenvalue weighted by molar-refractivity contribution is -0.126. The van der Waals surface area contributed by atoms with Crippen LogP contribution in [0.1, 0.15) is 25.7 Å². The Morgan fingerprint density at radius 2 is 2.14 bits per heavy atom. The smallest absolute Gasteiger partial charge is 0.224 e. The van der Waals surface area contributed by atoms with E-state index in [2.05, 4.69) is 10.6 Å². The molecular weight excluding hydrogens is 180 g/mol. The Morgan fingerprint density at radius 3 is 2.79 bits per heavy atom. The van der Waals surface area contributed by atoms with Crippen molar-refractivity contribution in [2.24, 2.45) is 5.92 Å². The van der Waals surface area contributed by atoms with Crippen molar-refractivity contribution in [3.05, 3.63) is 0 Å². The minimum atomic E-state index is 0.115. The first-order valence-electron chi connectivity index (χ1n) is 5.23. The molecule has 14 heavy (non-hydrogen) atoms. The number of carbonyl (C=O) groups is 1. The number of hydrogen-bond donors (Lipinski definition) is 2. The third kappa shape index (κ3) is 2.96. The molecule has 1 aliphatic rings. The second kappa shape index (κ2) is 5.98. The molecule has 0 heterocycles. The van der Waals surface area contributed by atoms with Gasteiger partial charge in [0.15, 0.2) is 0 Å². The number of amides is 1. The number of methoxy groups -OCH3 is 1. The van der Waals surface area contributed by atoms with Gasteiger partial charge in [0, 0.05) is 20.2 Å². The normalized spacial score (nSPS) is 27.3. The van der Waals surface area contributed by atoms with Gasteiger partial charge in [-0.05, 0) is 12.8 Å². The van der Waals surface area contributed by atoms with E-state index in [0.29, 0.717) is 6.73 Å². The molecule has 82 valence electrons. The summed E-state index contributed by atoms with van der Waals surface area (Å²) in [5, 5.41) is 5.97. The SMILES string of the molecule is CNC(=O)[C@H]1CCCC[C@@H]1NCOC. The summed E-state index contributed by atoms with van der Waals surface area (Å²) >= 11 is 0. The third-order valence-corrected chi connectivity index (χ3v) is 2.84. The molecule has 2 atom stereocenters. The molecule has 0 radical (unpaired) electrons. The number of hydrogen-bond acceptors (Lipinski definition) is 3. The molecule has 1 fully saturated rings. The van der Waals surface area contributed by atoms with E-state index in [1.807, 2.05) is 0 Å². The molecule has 0 spiro atoms. The van der Waals surface area contributed by atoms with E-state index in [-0.39, 0.29) is 17.9 Å². The molecule has 0 saturated heterocycles. The molecule has 0 unspecified atom stereocenters. The fraction of sp³-hybridized carbons (Fsp3) is 0.900. The van der Waals surface area contributed by atoms with Gasteiger partial charge in [-0.25, -0.2) is 0 Å². The molecule has 1 rings (SSSR count). The first-order chi connectivity index (χ1) is 6.79. The molecule has 0 aromatic carbocycles. The van der Waals surface area contributed by atoms with Crippen molar-refractivity contribution in [2.75, 3.05) is 20.9 Å². The summed E-state index contributed by atoms with van der Waals surface area (Å²) in [5.41, 5.74) is 0. The summed E-state index contributed by atoms with van der Waals surface area (Å²) in [7, 11) is 3.36. The van der Waals surface area contributed by atoms with Crippen LogP contribution in [0.5, 0.6) is 0 Å². The van der Waals surface area contributed by atoms with Gasteiger partial charge in [-0.1, -0.05) is 12.8 Å². The van der Waals surface area contributed by atoms with Crippen LogP contribution in [0.4, 0.5) is 0 Å². The van der Waals surface area contributed by atoms with Gasteiger partial charge in [-0.2, -0.15) is 0 Å². The van der Waals surface area contributed by atoms with E-state index in [9.17, 15) is 4.79 Å². The van der Waals surface area contributed by atoms with Crippen LogP contribution in [-0.4, -0.2) is 32.8 Å². The average Bonchev–Trinajstić information content (AvgIpc) is 2.25. The molecule has 1 amide bonds. The largest absolute Gasteiger partial charge is 0.370 e. The van der Waals surface area contributed by atoms with Crippen LogP contribution in [0.25, 0.3) is 0 Å². The molecule has 0 aromatic heterocycles. The fourth-order valence-electron chi connectivity index (χ4n) is 2.06. The van der Waals surface area contributed by atoms with E-state index in [1.54, 1.807) is 14.2 Å². The quantitative estimate of drug-likeness (QED) is 0.649. The lowest BCUT2D eigenvalue weighted by Crippen LogP contribution is -2.46. The van der Waals surface area contributed by atoms with Crippen molar-refractivity contribution in [1.29, 1.82) is 0 Å². The monoisotopic (exact) mass is 200 g/mol. The maximum atomic E-state index is 11.5. The van der Waals surface area contributed by atoms with Crippen LogP contribution in [0.15, 0.2) is 0 Å². The highest BCUT2D eigenvalue weighted by Crippen LogP contribution is 2.24. The summed E-state index contributed by atoms with van der Waals surface area (Å²) < 4.78 is 4.96. The van der Waals surface area contributed by atoms with Gasteiger partial charge in [0.05, 0.1) is 12.6 Å². The van der Waals surface area contributed by atoms with Crippen molar-refractivity contribution in [3.63, 3.8) is 0 Å². The summed E-state index contributed by atoms with van der Waals surface area (Å²) in [6, 6.07) is 0.281. The highest BCUT2D eigenvalue weighted by molar-refractivity contribution is 5.79. The van der Waals surface area contributed by atoms with Crippen molar-refractivity contribution in [1.82, 2.24) is 10.6 Å². The Kier molecular flexibility index (Phi) is 4.90. The number of rotatable bonds is 4. The second-order valence-corrected chi connectivity index (χ2v) is 3.75.